The summed E-state index contributed by atoms with van der Waals surface area (Å²) in [6.07, 6.45) is 1.44. The lowest BCUT2D eigenvalue weighted by molar-refractivity contribution is -0.384. The van der Waals surface area contributed by atoms with Gasteiger partial charge in [0, 0.05) is 18.6 Å². The van der Waals surface area contributed by atoms with Gasteiger partial charge in [0.2, 0.25) is 0 Å². The molecule has 4 rings (SSSR count). The molecular weight excluding hydrogens is 394 g/mol. The molecule has 2 aromatic carbocycles. The van der Waals surface area contributed by atoms with E-state index < -0.39 is 26.5 Å². The van der Waals surface area contributed by atoms with E-state index >= 15 is 0 Å². The van der Waals surface area contributed by atoms with Gasteiger partial charge < -0.3 is 4.74 Å². The number of non-ortho nitro benzene ring substituents is 1. The number of nitro benzene ring substituents is 1. The number of hydrogen-bond donors (Lipinski definition) is 0. The van der Waals surface area contributed by atoms with E-state index in [1.165, 1.54) is 34.6 Å². The third-order valence-electron chi connectivity index (χ3n) is 5.40. The summed E-state index contributed by atoms with van der Waals surface area (Å²) in [5, 5.41) is 20.6. The highest BCUT2D eigenvalue weighted by atomic mass is 32.2. The second-order valence-corrected chi connectivity index (χ2v) is 9.46. The third-order valence-corrected chi connectivity index (χ3v) is 7.20. The van der Waals surface area contributed by atoms with Crippen molar-refractivity contribution in [3.8, 4) is 11.8 Å². The van der Waals surface area contributed by atoms with Crippen LogP contribution in [0.3, 0.4) is 0 Å². The van der Waals surface area contributed by atoms with Gasteiger partial charge >= 0.3 is 0 Å². The normalized spacial score (nSPS) is 19.6. The molecule has 1 saturated carbocycles. The topological polar surface area (TPSA) is 114 Å². The van der Waals surface area contributed by atoms with E-state index in [0.717, 1.165) is 18.4 Å². The fourth-order valence-corrected chi connectivity index (χ4v) is 5.03. The van der Waals surface area contributed by atoms with Crippen LogP contribution in [0.25, 0.3) is 0 Å². The number of nitro groups is 1. The SMILES string of the molecule is Cc1ccc(S(=O)(=O)N2CC(CC3(C#N)CC3)Oc3ccc([N+](=O)[O-])cc32)cc1. The van der Waals surface area contributed by atoms with E-state index in [4.69, 9.17) is 4.74 Å². The molecule has 1 unspecified atom stereocenters. The summed E-state index contributed by atoms with van der Waals surface area (Å²) < 4.78 is 33.9. The van der Waals surface area contributed by atoms with E-state index in [-0.39, 0.29) is 28.6 Å². The monoisotopic (exact) mass is 413 g/mol. The number of nitrogens with zero attached hydrogens (tertiary/aromatic N) is 3. The standard InChI is InChI=1S/C20H19N3O5S/c1-14-2-5-17(6-3-14)29(26,27)22-12-16(11-20(13-21)8-9-20)28-19-7-4-15(23(24)25)10-18(19)22/h2-7,10,16H,8-9,11-12H2,1H3. The van der Waals surface area contributed by atoms with Gasteiger partial charge in [-0.25, -0.2) is 8.42 Å². The molecule has 2 aliphatic rings. The first-order valence-corrected chi connectivity index (χ1v) is 10.6. The van der Waals surface area contributed by atoms with Gasteiger partial charge in [-0.2, -0.15) is 5.26 Å². The van der Waals surface area contributed by atoms with Gasteiger partial charge in [0.05, 0.1) is 27.8 Å². The van der Waals surface area contributed by atoms with Crippen molar-refractivity contribution in [1.29, 1.82) is 5.26 Å². The van der Waals surface area contributed by atoms with Gasteiger partial charge in [-0.15, -0.1) is 0 Å². The van der Waals surface area contributed by atoms with Crippen LogP contribution in [0.15, 0.2) is 47.4 Å². The summed E-state index contributed by atoms with van der Waals surface area (Å²) in [7, 11) is -3.96. The molecule has 1 atom stereocenters. The molecule has 8 nitrogen and oxygen atoms in total. The number of benzene rings is 2. The molecule has 9 heteroatoms. The average Bonchev–Trinajstić information content (AvgIpc) is 3.47. The lowest BCUT2D eigenvalue weighted by Crippen LogP contribution is -2.44. The van der Waals surface area contributed by atoms with Crippen molar-refractivity contribution < 1.29 is 18.1 Å². The van der Waals surface area contributed by atoms with Gasteiger partial charge in [0.15, 0.2) is 0 Å². The average molecular weight is 413 g/mol. The van der Waals surface area contributed by atoms with Crippen LogP contribution in [-0.4, -0.2) is 26.0 Å². The first kappa shape index (κ1) is 19.2. The Bertz CT molecular complexity index is 1120. The van der Waals surface area contributed by atoms with Crippen LogP contribution in [0, 0.1) is 33.8 Å². The first-order valence-electron chi connectivity index (χ1n) is 9.20. The minimum absolute atomic E-state index is 0.00614. The number of aryl methyl sites for hydroxylation is 1. The zero-order valence-electron chi connectivity index (χ0n) is 15.7. The minimum atomic E-state index is -3.96. The molecule has 2 aromatic rings. The highest BCUT2D eigenvalue weighted by Crippen LogP contribution is 2.51. The van der Waals surface area contributed by atoms with E-state index in [0.29, 0.717) is 6.42 Å². The molecule has 1 fully saturated rings. The summed E-state index contributed by atoms with van der Waals surface area (Å²) in [4.78, 5) is 10.7. The Morgan fingerprint density at radius 1 is 1.28 bits per heavy atom. The van der Waals surface area contributed by atoms with Crippen molar-refractivity contribution in [2.45, 2.75) is 37.2 Å². The molecule has 29 heavy (non-hydrogen) atoms. The number of anilines is 1. The maximum Gasteiger partial charge on any atom is 0.271 e. The zero-order chi connectivity index (χ0) is 20.8. The van der Waals surface area contributed by atoms with E-state index in [2.05, 4.69) is 6.07 Å². The largest absolute Gasteiger partial charge is 0.486 e. The maximum absolute atomic E-state index is 13.4. The smallest absolute Gasteiger partial charge is 0.271 e. The highest BCUT2D eigenvalue weighted by molar-refractivity contribution is 7.92. The predicted molar refractivity (Wildman–Crippen MR) is 105 cm³/mol. The predicted octanol–water partition coefficient (Wildman–Crippen LogP) is 3.55. The van der Waals surface area contributed by atoms with Crippen LogP contribution in [0.5, 0.6) is 5.75 Å². The molecule has 1 aliphatic heterocycles. The van der Waals surface area contributed by atoms with Crippen molar-refractivity contribution in [1.82, 2.24) is 0 Å². The molecule has 0 aromatic heterocycles. The van der Waals surface area contributed by atoms with E-state index in [1.54, 1.807) is 12.1 Å². The number of sulfonamides is 1. The number of rotatable bonds is 5. The van der Waals surface area contributed by atoms with Gasteiger partial charge in [0.25, 0.3) is 15.7 Å². The molecule has 0 spiro atoms. The molecule has 0 N–H and O–H groups in total. The van der Waals surface area contributed by atoms with Crippen molar-refractivity contribution in [3.63, 3.8) is 0 Å². The summed E-state index contributed by atoms with van der Waals surface area (Å²) in [6, 6.07) is 12.7. The molecule has 150 valence electrons. The molecule has 0 bridgehead atoms. The summed E-state index contributed by atoms with van der Waals surface area (Å²) >= 11 is 0. The van der Waals surface area contributed by atoms with Crippen molar-refractivity contribution in [2.24, 2.45) is 5.41 Å². The number of ether oxygens (including phenoxy) is 1. The number of nitriles is 1. The Morgan fingerprint density at radius 3 is 2.55 bits per heavy atom. The van der Waals surface area contributed by atoms with E-state index in [1.807, 2.05) is 6.92 Å². The van der Waals surface area contributed by atoms with Gasteiger partial charge in [0.1, 0.15) is 17.5 Å². The van der Waals surface area contributed by atoms with Crippen LogP contribution >= 0.6 is 0 Å². The fraction of sp³-hybridized carbons (Fsp3) is 0.350. The molecular formula is C20H19N3O5S. The Labute approximate surface area is 168 Å². The van der Waals surface area contributed by atoms with Gasteiger partial charge in [-0.05, 0) is 38.0 Å². The lowest BCUT2D eigenvalue weighted by atomic mass is 9.99. The zero-order valence-corrected chi connectivity index (χ0v) is 16.6. The molecule has 0 saturated heterocycles. The second-order valence-electron chi connectivity index (χ2n) is 7.59. The molecule has 1 heterocycles. The molecule has 0 amide bonds. The van der Waals surface area contributed by atoms with Crippen LogP contribution in [0.1, 0.15) is 24.8 Å². The van der Waals surface area contributed by atoms with Crippen LogP contribution < -0.4 is 9.04 Å². The van der Waals surface area contributed by atoms with Crippen molar-refractivity contribution in [3.05, 3.63) is 58.1 Å². The fourth-order valence-electron chi connectivity index (χ4n) is 3.53. The first-order chi connectivity index (χ1) is 13.7. The summed E-state index contributed by atoms with van der Waals surface area (Å²) in [6.45, 7) is 1.85. The van der Waals surface area contributed by atoms with Gasteiger partial charge in [-0.1, -0.05) is 17.7 Å². The lowest BCUT2D eigenvalue weighted by Gasteiger charge is -2.36. The van der Waals surface area contributed by atoms with Gasteiger partial charge in [-0.3, -0.25) is 14.4 Å². The second kappa shape index (κ2) is 6.74. The number of hydrogen-bond acceptors (Lipinski definition) is 6. The Kier molecular flexibility index (Phi) is 4.46. The van der Waals surface area contributed by atoms with Crippen molar-refractivity contribution in [2.75, 3.05) is 10.8 Å². The Balaban J connectivity index is 1.77. The Hall–Kier alpha value is -3.12. The highest BCUT2D eigenvalue weighted by Gasteiger charge is 2.47. The Morgan fingerprint density at radius 2 is 1.97 bits per heavy atom. The van der Waals surface area contributed by atoms with Crippen molar-refractivity contribution >= 4 is 21.4 Å². The third kappa shape index (κ3) is 3.51. The number of fused-ring (bicyclic) bond motifs is 1. The summed E-state index contributed by atoms with van der Waals surface area (Å²) in [5.74, 6) is 0.260. The molecule has 0 radical (unpaired) electrons. The van der Waals surface area contributed by atoms with Crippen LogP contribution in [0.2, 0.25) is 0 Å². The van der Waals surface area contributed by atoms with Crippen LogP contribution in [0.4, 0.5) is 11.4 Å². The van der Waals surface area contributed by atoms with Crippen LogP contribution in [-0.2, 0) is 10.0 Å². The summed E-state index contributed by atoms with van der Waals surface area (Å²) in [5.41, 5.74) is 0.371. The quantitative estimate of drug-likeness (QED) is 0.547. The molecule has 1 aliphatic carbocycles. The minimum Gasteiger partial charge on any atom is -0.486 e. The maximum atomic E-state index is 13.4. The van der Waals surface area contributed by atoms with E-state index in [9.17, 15) is 23.8 Å².